The van der Waals surface area contributed by atoms with E-state index in [9.17, 15) is 18.8 Å². The van der Waals surface area contributed by atoms with E-state index in [-0.39, 0.29) is 30.3 Å². The van der Waals surface area contributed by atoms with E-state index < -0.39 is 17.5 Å². The molecule has 0 radical (unpaired) electrons. The molecule has 6 rings (SSSR count). The molecule has 3 amide bonds. The van der Waals surface area contributed by atoms with Gasteiger partial charge in [0.25, 0.3) is 0 Å². The van der Waals surface area contributed by atoms with Gasteiger partial charge in [0.2, 0.25) is 17.7 Å². The highest BCUT2D eigenvalue weighted by Gasteiger charge is 2.51. The van der Waals surface area contributed by atoms with Crippen LogP contribution in [0.1, 0.15) is 60.5 Å². The van der Waals surface area contributed by atoms with Gasteiger partial charge in [0.05, 0.1) is 11.5 Å². The maximum absolute atomic E-state index is 13.4. The summed E-state index contributed by atoms with van der Waals surface area (Å²) in [5.74, 6) is 0.181. The lowest BCUT2D eigenvalue weighted by atomic mass is 9.78. The van der Waals surface area contributed by atoms with E-state index in [1.807, 2.05) is 50.2 Å². The standard InChI is InChI=1S/C31H31FN4O3/c1-30(2)11-10-25(20-6-3-5-19(13-20)17-32)36(29(30)39)18-26(37)34-23-9-8-21-15-31(16-22(21)14-23)24-7-4-12-33-27(24)35-28(31)38/h3-9,12-14,25H,10-11,15-18H2,1-2H3,(H,34,37)(H,33,35,38)/t25-,31-/m1/s1. The number of piperidine rings is 1. The normalized spacial score (nSPS) is 22.9. The van der Waals surface area contributed by atoms with Crippen molar-refractivity contribution in [1.29, 1.82) is 0 Å². The van der Waals surface area contributed by atoms with Crippen LogP contribution in [0.4, 0.5) is 15.9 Å². The van der Waals surface area contributed by atoms with Gasteiger partial charge >= 0.3 is 0 Å². The van der Waals surface area contributed by atoms with Crippen LogP contribution in [0.2, 0.25) is 0 Å². The summed E-state index contributed by atoms with van der Waals surface area (Å²) in [6.07, 6.45) is 4.17. The van der Waals surface area contributed by atoms with E-state index in [4.69, 9.17) is 0 Å². The Bertz CT molecular complexity index is 1500. The third kappa shape index (κ3) is 4.28. The number of hydrogen-bond donors (Lipinski definition) is 2. The van der Waals surface area contributed by atoms with Crippen molar-refractivity contribution in [2.45, 2.75) is 57.7 Å². The van der Waals surface area contributed by atoms with Crippen molar-refractivity contribution in [2.24, 2.45) is 5.41 Å². The van der Waals surface area contributed by atoms with Crippen molar-refractivity contribution in [2.75, 3.05) is 17.2 Å². The lowest BCUT2D eigenvalue weighted by Gasteiger charge is -2.43. The quantitative estimate of drug-likeness (QED) is 0.496. The molecule has 2 N–H and O–H groups in total. The molecule has 0 saturated carbocycles. The van der Waals surface area contributed by atoms with Crippen molar-refractivity contribution in [3.63, 3.8) is 0 Å². The van der Waals surface area contributed by atoms with E-state index >= 15 is 0 Å². The third-order valence-corrected chi connectivity index (χ3v) is 8.53. The summed E-state index contributed by atoms with van der Waals surface area (Å²) in [4.78, 5) is 45.6. The molecular weight excluding hydrogens is 495 g/mol. The van der Waals surface area contributed by atoms with E-state index in [1.54, 1.807) is 29.3 Å². The molecule has 3 aliphatic rings. The van der Waals surface area contributed by atoms with Crippen LogP contribution in [-0.2, 0) is 39.3 Å². The SMILES string of the molecule is CC1(C)CC[C@H](c2cccc(CF)c2)N(CC(=O)Nc2ccc3c(c2)C[C@@]2(C3)C(=O)Nc3ncccc32)C1=O. The maximum atomic E-state index is 13.4. The molecule has 1 saturated heterocycles. The molecule has 39 heavy (non-hydrogen) atoms. The van der Waals surface area contributed by atoms with Gasteiger partial charge in [-0.25, -0.2) is 9.37 Å². The summed E-state index contributed by atoms with van der Waals surface area (Å²) in [6.45, 7) is 3.12. The van der Waals surface area contributed by atoms with Crippen molar-refractivity contribution >= 4 is 29.2 Å². The number of carbonyl (C=O) groups is 3. The van der Waals surface area contributed by atoms with E-state index in [0.717, 1.165) is 22.3 Å². The molecule has 7 nitrogen and oxygen atoms in total. The smallest absolute Gasteiger partial charge is 0.244 e. The van der Waals surface area contributed by atoms with Crippen molar-refractivity contribution in [3.8, 4) is 0 Å². The van der Waals surface area contributed by atoms with E-state index in [2.05, 4.69) is 15.6 Å². The largest absolute Gasteiger partial charge is 0.326 e. The summed E-state index contributed by atoms with van der Waals surface area (Å²) in [6, 6.07) is 16.4. The minimum absolute atomic E-state index is 0.0490. The fourth-order valence-corrected chi connectivity index (χ4v) is 6.40. The molecule has 1 spiro atoms. The van der Waals surface area contributed by atoms with Gasteiger partial charge in [-0.1, -0.05) is 50.2 Å². The minimum atomic E-state index is -0.679. The van der Waals surface area contributed by atoms with Crippen LogP contribution in [0.3, 0.4) is 0 Å². The maximum Gasteiger partial charge on any atom is 0.244 e. The lowest BCUT2D eigenvalue weighted by molar-refractivity contribution is -0.150. The zero-order valence-electron chi connectivity index (χ0n) is 22.1. The number of aromatic nitrogens is 1. The fraction of sp³-hybridized carbons (Fsp3) is 0.355. The number of benzene rings is 2. The molecular formula is C31H31FN4O3. The Kier molecular flexibility index (Phi) is 6.01. The highest BCUT2D eigenvalue weighted by Crippen LogP contribution is 2.47. The summed E-state index contributed by atoms with van der Waals surface area (Å²) in [5, 5.41) is 5.88. The third-order valence-electron chi connectivity index (χ3n) is 8.53. The average Bonchev–Trinajstić information content (AvgIpc) is 3.44. The summed E-state index contributed by atoms with van der Waals surface area (Å²) < 4.78 is 13.3. The first-order valence-electron chi connectivity index (χ1n) is 13.3. The van der Waals surface area contributed by atoms with Gasteiger partial charge in [-0.3, -0.25) is 14.4 Å². The number of nitrogens with one attached hydrogen (secondary N) is 2. The Labute approximate surface area is 226 Å². The van der Waals surface area contributed by atoms with Crippen LogP contribution >= 0.6 is 0 Å². The summed E-state index contributed by atoms with van der Waals surface area (Å²) in [5.41, 5.74) is 3.75. The van der Waals surface area contributed by atoms with E-state index in [1.165, 1.54) is 0 Å². The number of nitrogens with zero attached hydrogens (tertiary/aromatic N) is 2. The molecule has 2 atom stereocenters. The number of rotatable bonds is 5. The van der Waals surface area contributed by atoms with Crippen molar-refractivity contribution in [1.82, 2.24) is 9.88 Å². The molecule has 200 valence electrons. The second kappa shape index (κ2) is 9.29. The molecule has 1 aromatic heterocycles. The minimum Gasteiger partial charge on any atom is -0.326 e. The molecule has 1 aliphatic carbocycles. The average molecular weight is 527 g/mol. The first kappa shape index (κ1) is 25.2. The highest BCUT2D eigenvalue weighted by atomic mass is 19.1. The topological polar surface area (TPSA) is 91.4 Å². The number of amides is 3. The second-order valence-corrected chi connectivity index (χ2v) is 11.6. The number of likely N-dealkylation sites (tertiary alicyclic amines) is 1. The first-order chi connectivity index (χ1) is 18.7. The Morgan fingerprint density at radius 2 is 1.92 bits per heavy atom. The number of anilines is 2. The van der Waals surface area contributed by atoms with E-state index in [0.29, 0.717) is 42.8 Å². The molecule has 3 heterocycles. The van der Waals surface area contributed by atoms with Crippen LogP contribution in [0.15, 0.2) is 60.8 Å². The Balaban J connectivity index is 1.21. The van der Waals surface area contributed by atoms with Crippen LogP contribution in [0, 0.1) is 5.41 Å². The Morgan fingerprint density at radius 1 is 1.10 bits per heavy atom. The summed E-state index contributed by atoms with van der Waals surface area (Å²) >= 11 is 0. The number of fused-ring (bicyclic) bond motifs is 3. The fourth-order valence-electron chi connectivity index (χ4n) is 6.40. The molecule has 8 heteroatoms. The molecule has 3 aromatic rings. The number of carbonyl (C=O) groups excluding carboxylic acids is 3. The monoisotopic (exact) mass is 526 g/mol. The number of pyridine rings is 1. The van der Waals surface area contributed by atoms with Crippen molar-refractivity contribution < 1.29 is 18.8 Å². The number of alkyl halides is 1. The lowest BCUT2D eigenvalue weighted by Crippen LogP contribution is -2.50. The predicted octanol–water partition coefficient (Wildman–Crippen LogP) is 4.87. The van der Waals surface area contributed by atoms with Crippen LogP contribution < -0.4 is 10.6 Å². The molecule has 2 aliphatic heterocycles. The van der Waals surface area contributed by atoms with Gasteiger partial charge in [0.15, 0.2) is 0 Å². The van der Waals surface area contributed by atoms with Crippen LogP contribution in [-0.4, -0.2) is 34.2 Å². The van der Waals surface area contributed by atoms with Gasteiger partial charge in [0, 0.05) is 22.9 Å². The molecule has 0 unspecified atom stereocenters. The van der Waals surface area contributed by atoms with Gasteiger partial charge in [0.1, 0.15) is 19.0 Å². The molecule has 2 aromatic carbocycles. The second-order valence-electron chi connectivity index (χ2n) is 11.6. The predicted molar refractivity (Wildman–Crippen MR) is 146 cm³/mol. The zero-order chi connectivity index (χ0) is 27.4. The Morgan fingerprint density at radius 3 is 2.74 bits per heavy atom. The van der Waals surface area contributed by atoms with Gasteiger partial charge in [-0.15, -0.1) is 0 Å². The number of hydrogen-bond acceptors (Lipinski definition) is 4. The van der Waals surface area contributed by atoms with Crippen LogP contribution in [0.5, 0.6) is 0 Å². The first-order valence-corrected chi connectivity index (χ1v) is 13.3. The van der Waals surface area contributed by atoms with Gasteiger partial charge < -0.3 is 15.5 Å². The molecule has 0 bridgehead atoms. The van der Waals surface area contributed by atoms with Crippen molar-refractivity contribution in [3.05, 3.63) is 88.6 Å². The summed E-state index contributed by atoms with van der Waals surface area (Å²) in [7, 11) is 0. The van der Waals surface area contributed by atoms with Gasteiger partial charge in [-0.2, -0.15) is 0 Å². The highest BCUT2D eigenvalue weighted by molar-refractivity contribution is 6.06. The number of halogens is 1. The van der Waals surface area contributed by atoms with Crippen LogP contribution in [0.25, 0.3) is 0 Å². The Hall–Kier alpha value is -4.07. The van der Waals surface area contributed by atoms with Gasteiger partial charge in [-0.05, 0) is 66.1 Å². The zero-order valence-corrected chi connectivity index (χ0v) is 22.1. The molecule has 1 fully saturated rings.